The van der Waals surface area contributed by atoms with E-state index in [0.717, 1.165) is 117 Å². The molecular formula is C41H76N8O8S4. The summed E-state index contributed by atoms with van der Waals surface area (Å²) in [4.78, 5) is 0. The van der Waals surface area contributed by atoms with Crippen LogP contribution in [0.4, 0.5) is 0 Å². The second-order valence-corrected chi connectivity index (χ2v) is 25.5. The van der Waals surface area contributed by atoms with Gasteiger partial charge in [0, 0.05) is 58.3 Å². The number of sulfonamides is 4. The van der Waals surface area contributed by atoms with Crippen molar-refractivity contribution in [1.29, 1.82) is 21.0 Å². The number of unbranched alkanes of at least 4 members (excludes halogenated alkanes) is 24. The smallest absolute Gasteiger partial charge is 0.214 e. The van der Waals surface area contributed by atoms with E-state index >= 15 is 0 Å². The van der Waals surface area contributed by atoms with Crippen molar-refractivity contribution in [1.82, 2.24) is 18.9 Å². The number of hydrogen-bond acceptors (Lipinski definition) is 12. The molecule has 0 unspecified atom stereocenters. The van der Waals surface area contributed by atoms with Crippen LogP contribution in [0.3, 0.4) is 0 Å². The lowest BCUT2D eigenvalue weighted by Crippen LogP contribution is -2.63. The minimum Gasteiger partial charge on any atom is -0.214 e. The molecule has 0 radical (unpaired) electrons. The van der Waals surface area contributed by atoms with Crippen molar-refractivity contribution in [2.24, 2.45) is 0 Å². The molecule has 0 heterocycles. The molecule has 20 heteroatoms. The summed E-state index contributed by atoms with van der Waals surface area (Å²) in [6.45, 7) is 1.11. The summed E-state index contributed by atoms with van der Waals surface area (Å²) in [6, 6.07) is 8.39. The van der Waals surface area contributed by atoms with Crippen LogP contribution >= 0.6 is 0 Å². The molecule has 0 aliphatic rings. The first-order valence-electron chi connectivity index (χ1n) is 22.4. The van der Waals surface area contributed by atoms with Crippen LogP contribution in [0.15, 0.2) is 0 Å². The molecule has 61 heavy (non-hydrogen) atoms. The Bertz CT molecular complexity index is 1560. The molecule has 0 aromatic heterocycles. The fraction of sp³-hybridized carbons (Fsp3) is 0.902. The van der Waals surface area contributed by atoms with Crippen molar-refractivity contribution in [3.63, 3.8) is 0 Å². The molecule has 0 fully saturated rings. The molecule has 0 spiro atoms. The van der Waals surface area contributed by atoms with Crippen LogP contribution in [0.5, 0.6) is 0 Å². The summed E-state index contributed by atoms with van der Waals surface area (Å²) in [5.74, 6) is 0. The lowest BCUT2D eigenvalue weighted by Gasteiger charge is -2.37. The lowest BCUT2D eigenvalue weighted by atomic mass is 10.1. The molecule has 0 bridgehead atoms. The van der Waals surface area contributed by atoms with E-state index in [1.165, 1.54) is 0 Å². The molecule has 0 atom stereocenters. The van der Waals surface area contributed by atoms with Gasteiger partial charge in [-0.25, -0.2) is 52.6 Å². The summed E-state index contributed by atoms with van der Waals surface area (Å²) in [6.07, 6.45) is 17.1. The van der Waals surface area contributed by atoms with E-state index in [-0.39, 0.29) is 26.2 Å². The third kappa shape index (κ3) is 23.2. The number of nitrogens with zero attached hydrogens (tertiary/aromatic N) is 4. The minimum absolute atomic E-state index is 0.156. The van der Waals surface area contributed by atoms with Crippen LogP contribution in [0, 0.1) is 45.3 Å². The highest BCUT2D eigenvalue weighted by Gasteiger charge is 2.62. The van der Waals surface area contributed by atoms with Crippen LogP contribution in [-0.2, 0) is 40.1 Å². The predicted molar refractivity (Wildman–Crippen MR) is 241 cm³/mol. The first kappa shape index (κ1) is 58.6. The largest absolute Gasteiger partial charge is 0.233 e. The van der Waals surface area contributed by atoms with Crippen molar-refractivity contribution in [2.45, 2.75) is 208 Å². The highest BCUT2D eigenvalue weighted by atomic mass is 32.3. The maximum Gasteiger partial charge on any atom is 0.233 e. The zero-order valence-corrected chi connectivity index (χ0v) is 40.3. The molecule has 0 rings (SSSR count). The lowest BCUT2D eigenvalue weighted by molar-refractivity contribution is 0.480. The number of nitrogens with one attached hydrogen (secondary N) is 4. The van der Waals surface area contributed by atoms with Gasteiger partial charge in [-0.15, -0.1) is 0 Å². The Hall–Kier alpha value is -2.40. The zero-order chi connectivity index (χ0) is 46.0. The van der Waals surface area contributed by atoms with Crippen LogP contribution in [0.25, 0.3) is 0 Å². The standard InChI is InChI=1S/C41H76N8O8S4/c1-40(58(50,51)46-35-27-19-11-3-7-15-23-31-42,59(52,53)47-36-28-20-12-4-8-16-24-32-43)39-41(2,60(54,55)48-37-29-21-13-5-9-17-25-33-44)61(56,57)49-38-30-22-14-6-10-18-26-34-45/h46-49H,3-30,35-39H2,1-2H3. The predicted octanol–water partition coefficient (Wildman–Crippen LogP) is 7.50. The van der Waals surface area contributed by atoms with E-state index < -0.39 is 54.7 Å². The Kier molecular flexibility index (Phi) is 31.9. The second kappa shape index (κ2) is 33.2. The van der Waals surface area contributed by atoms with Gasteiger partial charge in [0.15, 0.2) is 0 Å². The SMILES string of the molecule is CC(CC(C)(S(=O)(=O)NCCCCCCCCC#N)S(=O)(=O)NCCCCCCCCC#N)(S(=O)(=O)NCCCCCCCCC#N)S(=O)(=O)NCCCCCCCCC#N. The normalized spacial score (nSPS) is 12.7. The summed E-state index contributed by atoms with van der Waals surface area (Å²) in [5.41, 5.74) is 0. The number of hydrogen-bond donors (Lipinski definition) is 4. The van der Waals surface area contributed by atoms with Crippen molar-refractivity contribution in [3.8, 4) is 24.3 Å². The summed E-state index contributed by atoms with van der Waals surface area (Å²) < 4.78 is 118. The van der Waals surface area contributed by atoms with E-state index in [9.17, 15) is 33.7 Å². The molecule has 0 aromatic rings. The fourth-order valence-corrected chi connectivity index (χ4v) is 15.0. The topological polar surface area (TPSA) is 280 Å². The van der Waals surface area contributed by atoms with Crippen LogP contribution in [-0.4, -0.2) is 68.0 Å². The Morgan fingerprint density at radius 1 is 0.311 bits per heavy atom. The van der Waals surface area contributed by atoms with Crippen molar-refractivity contribution >= 4 is 40.1 Å². The highest BCUT2D eigenvalue weighted by molar-refractivity contribution is 8.10. The van der Waals surface area contributed by atoms with E-state index in [2.05, 4.69) is 43.2 Å². The maximum absolute atomic E-state index is 14.3. The van der Waals surface area contributed by atoms with Gasteiger partial charge >= 0.3 is 0 Å². The van der Waals surface area contributed by atoms with Crippen molar-refractivity contribution in [3.05, 3.63) is 0 Å². The van der Waals surface area contributed by atoms with Gasteiger partial charge in [-0.1, -0.05) is 103 Å². The van der Waals surface area contributed by atoms with Gasteiger partial charge in [0.25, 0.3) is 0 Å². The van der Waals surface area contributed by atoms with Crippen LogP contribution in [0.2, 0.25) is 0 Å². The van der Waals surface area contributed by atoms with Gasteiger partial charge in [0.2, 0.25) is 48.3 Å². The Balaban J connectivity index is 6.51. The van der Waals surface area contributed by atoms with Crippen molar-refractivity contribution in [2.75, 3.05) is 26.2 Å². The Morgan fingerprint density at radius 3 is 0.656 bits per heavy atom. The summed E-state index contributed by atoms with van der Waals surface area (Å²) in [5, 5.41) is 35.0. The van der Waals surface area contributed by atoms with E-state index in [1.807, 2.05) is 0 Å². The molecular weight excluding hydrogens is 861 g/mol. The Labute approximate surface area is 370 Å². The van der Waals surface area contributed by atoms with E-state index in [1.54, 1.807) is 0 Å². The van der Waals surface area contributed by atoms with Gasteiger partial charge in [0.05, 0.1) is 24.3 Å². The molecule has 0 aliphatic carbocycles. The third-order valence-corrected chi connectivity index (χ3v) is 21.0. The number of nitriles is 4. The zero-order valence-electron chi connectivity index (χ0n) is 37.0. The molecule has 352 valence electrons. The molecule has 0 saturated heterocycles. The summed E-state index contributed by atoms with van der Waals surface area (Å²) in [7, 11) is -19.9. The van der Waals surface area contributed by atoms with Gasteiger partial charge in [0.1, 0.15) is 0 Å². The molecule has 16 nitrogen and oxygen atoms in total. The first-order valence-corrected chi connectivity index (χ1v) is 28.3. The van der Waals surface area contributed by atoms with E-state index in [4.69, 9.17) is 21.0 Å². The monoisotopic (exact) mass is 936 g/mol. The molecule has 0 aliphatic heterocycles. The maximum atomic E-state index is 14.3. The molecule has 0 aromatic carbocycles. The number of rotatable bonds is 42. The van der Waals surface area contributed by atoms with Gasteiger partial charge < -0.3 is 0 Å². The average molecular weight is 937 g/mol. The molecule has 0 amide bonds. The summed E-state index contributed by atoms with van der Waals surface area (Å²) >= 11 is 0. The fourth-order valence-electron chi connectivity index (χ4n) is 6.83. The van der Waals surface area contributed by atoms with Crippen molar-refractivity contribution < 1.29 is 33.7 Å². The minimum atomic E-state index is -4.97. The van der Waals surface area contributed by atoms with Gasteiger partial charge in [-0.3, -0.25) is 0 Å². The third-order valence-electron chi connectivity index (χ3n) is 10.9. The highest BCUT2D eigenvalue weighted by Crippen LogP contribution is 2.39. The average Bonchev–Trinajstić information content (AvgIpc) is 3.20. The van der Waals surface area contributed by atoms with Crippen LogP contribution in [0.1, 0.15) is 200 Å². The van der Waals surface area contributed by atoms with Gasteiger partial charge in [-0.2, -0.15) is 21.0 Å². The Morgan fingerprint density at radius 2 is 0.475 bits per heavy atom. The quantitative estimate of drug-likeness (QED) is 0.0433. The second-order valence-electron chi connectivity index (χ2n) is 16.2. The van der Waals surface area contributed by atoms with Crippen LogP contribution < -0.4 is 18.9 Å². The van der Waals surface area contributed by atoms with E-state index in [0.29, 0.717) is 77.0 Å². The van der Waals surface area contributed by atoms with Gasteiger partial charge in [-0.05, 0) is 65.2 Å². The first-order chi connectivity index (χ1) is 28.9. The molecule has 0 saturated carbocycles. The molecule has 4 N–H and O–H groups in total.